The molecule has 1 saturated carbocycles. The summed E-state index contributed by atoms with van der Waals surface area (Å²) in [5, 5.41) is 9.13. The van der Waals surface area contributed by atoms with Crippen molar-refractivity contribution in [2.24, 2.45) is 11.3 Å². The van der Waals surface area contributed by atoms with Gasteiger partial charge in [-0.2, -0.15) is 0 Å². The number of carbonyl (C=O) groups excluding carboxylic acids is 3. The van der Waals surface area contributed by atoms with Crippen molar-refractivity contribution in [3.8, 4) is 0 Å². The Bertz CT molecular complexity index is 563. The Balaban J connectivity index is 1.53. The molecule has 26 heavy (non-hydrogen) atoms. The molecule has 0 bridgehead atoms. The van der Waals surface area contributed by atoms with E-state index in [0.29, 0.717) is 25.3 Å². The van der Waals surface area contributed by atoms with Gasteiger partial charge < -0.3 is 16.0 Å². The van der Waals surface area contributed by atoms with E-state index in [4.69, 9.17) is 0 Å². The minimum atomic E-state index is -0.774. The number of carbonyl (C=O) groups is 3. The van der Waals surface area contributed by atoms with Crippen molar-refractivity contribution in [1.29, 1.82) is 0 Å². The first-order valence-electron chi connectivity index (χ1n) is 9.99. The van der Waals surface area contributed by atoms with Gasteiger partial charge in [0.1, 0.15) is 12.1 Å². The number of urea groups is 1. The highest BCUT2D eigenvalue weighted by molar-refractivity contribution is 6.09. The third-order valence-corrected chi connectivity index (χ3v) is 6.61. The minimum Gasteiger partial charge on any atom is -0.354 e. The number of piperidine rings is 1. The smallest absolute Gasteiger partial charge is 0.325 e. The van der Waals surface area contributed by atoms with Gasteiger partial charge in [-0.3, -0.25) is 14.5 Å². The Labute approximate surface area is 155 Å². The zero-order valence-electron chi connectivity index (χ0n) is 16.0. The van der Waals surface area contributed by atoms with E-state index >= 15 is 0 Å². The van der Waals surface area contributed by atoms with Crippen molar-refractivity contribution >= 4 is 17.8 Å². The van der Waals surface area contributed by atoms with Crippen LogP contribution in [0.15, 0.2) is 0 Å². The fourth-order valence-electron chi connectivity index (χ4n) is 4.46. The predicted octanol–water partition coefficient (Wildman–Crippen LogP) is 1.38. The Kier molecular flexibility index (Phi) is 5.55. The molecule has 2 heterocycles. The molecule has 3 fully saturated rings. The summed E-state index contributed by atoms with van der Waals surface area (Å²) in [7, 11) is 0. The van der Waals surface area contributed by atoms with E-state index in [9.17, 15) is 14.4 Å². The first-order valence-corrected chi connectivity index (χ1v) is 9.99. The quantitative estimate of drug-likeness (QED) is 0.643. The number of hydrogen-bond acceptors (Lipinski definition) is 4. The molecule has 0 radical (unpaired) electrons. The van der Waals surface area contributed by atoms with Crippen molar-refractivity contribution in [2.75, 3.05) is 26.2 Å². The minimum absolute atomic E-state index is 0.0813. The number of rotatable bonds is 5. The Morgan fingerprint density at radius 1 is 1.19 bits per heavy atom. The van der Waals surface area contributed by atoms with Gasteiger partial charge in [-0.15, -0.1) is 0 Å². The molecule has 2 aliphatic heterocycles. The van der Waals surface area contributed by atoms with Crippen LogP contribution in [-0.4, -0.2) is 54.5 Å². The highest BCUT2D eigenvalue weighted by atomic mass is 16.2. The number of amides is 4. The molecule has 3 N–H and O–H groups in total. The molecule has 1 spiro atoms. The standard InChI is InChI=1S/C19H32N4O3/c1-3-14-4-6-19(7-5-14)16(25)23(17(26)22-19)12-15(24)21-13-18(2)8-10-20-11-9-18/h14,20H,3-13H2,1-2H3,(H,21,24)(H,22,26). The van der Waals surface area contributed by atoms with Crippen LogP contribution < -0.4 is 16.0 Å². The van der Waals surface area contributed by atoms with Crippen molar-refractivity contribution in [2.45, 2.75) is 64.3 Å². The fourth-order valence-corrected chi connectivity index (χ4v) is 4.46. The fraction of sp³-hybridized carbons (Fsp3) is 0.842. The summed E-state index contributed by atoms with van der Waals surface area (Å²) >= 11 is 0. The van der Waals surface area contributed by atoms with E-state index in [1.54, 1.807) is 0 Å². The third kappa shape index (κ3) is 3.87. The lowest BCUT2D eigenvalue weighted by molar-refractivity contribution is -0.136. The molecule has 2 saturated heterocycles. The molecule has 0 unspecified atom stereocenters. The van der Waals surface area contributed by atoms with Crippen LogP contribution in [-0.2, 0) is 9.59 Å². The van der Waals surface area contributed by atoms with Gasteiger partial charge in [0.25, 0.3) is 5.91 Å². The number of hydrogen-bond donors (Lipinski definition) is 3. The van der Waals surface area contributed by atoms with Gasteiger partial charge in [-0.25, -0.2) is 4.79 Å². The molecule has 146 valence electrons. The van der Waals surface area contributed by atoms with Gasteiger partial charge in [-0.05, 0) is 62.9 Å². The predicted molar refractivity (Wildman–Crippen MR) is 98.4 cm³/mol. The lowest BCUT2D eigenvalue weighted by Crippen LogP contribution is -2.50. The van der Waals surface area contributed by atoms with Crippen molar-refractivity contribution in [3.05, 3.63) is 0 Å². The van der Waals surface area contributed by atoms with Crippen LogP contribution in [0, 0.1) is 11.3 Å². The molecule has 0 aromatic carbocycles. The van der Waals surface area contributed by atoms with Crippen molar-refractivity contribution < 1.29 is 14.4 Å². The Hall–Kier alpha value is -1.63. The summed E-state index contributed by atoms with van der Waals surface area (Å²) in [6.07, 6.45) is 6.40. The van der Waals surface area contributed by atoms with Gasteiger partial charge in [0.2, 0.25) is 5.91 Å². The van der Waals surface area contributed by atoms with E-state index in [2.05, 4.69) is 29.8 Å². The highest BCUT2D eigenvalue weighted by Gasteiger charge is 2.52. The van der Waals surface area contributed by atoms with Crippen LogP contribution in [0.25, 0.3) is 0 Å². The summed E-state index contributed by atoms with van der Waals surface area (Å²) in [6.45, 7) is 6.65. The molecular formula is C19H32N4O3. The lowest BCUT2D eigenvalue weighted by Gasteiger charge is -2.35. The van der Waals surface area contributed by atoms with E-state index in [-0.39, 0.29) is 23.8 Å². The van der Waals surface area contributed by atoms with Crippen LogP contribution in [0.3, 0.4) is 0 Å². The number of nitrogens with one attached hydrogen (secondary N) is 3. The molecule has 3 aliphatic rings. The van der Waals surface area contributed by atoms with E-state index in [1.165, 1.54) is 0 Å². The Morgan fingerprint density at radius 3 is 2.46 bits per heavy atom. The molecule has 0 aromatic heterocycles. The normalized spacial score (nSPS) is 31.2. The maximum atomic E-state index is 12.8. The topological polar surface area (TPSA) is 90.5 Å². The molecule has 0 aromatic rings. The maximum absolute atomic E-state index is 12.8. The average molecular weight is 364 g/mol. The van der Waals surface area contributed by atoms with Crippen molar-refractivity contribution in [3.63, 3.8) is 0 Å². The average Bonchev–Trinajstić information content (AvgIpc) is 2.86. The molecule has 1 aliphatic carbocycles. The molecule has 3 rings (SSSR count). The van der Waals surface area contributed by atoms with Crippen LogP contribution in [0.4, 0.5) is 4.79 Å². The van der Waals surface area contributed by atoms with Gasteiger partial charge in [0, 0.05) is 6.54 Å². The highest BCUT2D eigenvalue weighted by Crippen LogP contribution is 2.37. The first kappa shape index (κ1) is 19.1. The Morgan fingerprint density at radius 2 is 1.85 bits per heavy atom. The van der Waals surface area contributed by atoms with E-state index < -0.39 is 11.6 Å². The summed E-state index contributed by atoms with van der Waals surface area (Å²) in [5.41, 5.74) is -0.692. The zero-order chi connectivity index (χ0) is 18.8. The summed E-state index contributed by atoms with van der Waals surface area (Å²) in [5.74, 6) is 0.154. The van der Waals surface area contributed by atoms with Crippen molar-refractivity contribution in [1.82, 2.24) is 20.9 Å². The summed E-state index contributed by atoms with van der Waals surface area (Å²) in [4.78, 5) is 38.6. The second-order valence-corrected chi connectivity index (χ2v) is 8.59. The third-order valence-electron chi connectivity index (χ3n) is 6.61. The van der Waals surface area contributed by atoms with Gasteiger partial charge in [0.05, 0.1) is 0 Å². The second-order valence-electron chi connectivity index (χ2n) is 8.59. The first-order chi connectivity index (χ1) is 12.4. The SMILES string of the molecule is CCC1CCC2(CC1)NC(=O)N(CC(=O)NCC1(C)CCNCC1)C2=O. The molecular weight excluding hydrogens is 332 g/mol. The molecule has 7 nitrogen and oxygen atoms in total. The monoisotopic (exact) mass is 364 g/mol. The van der Waals surface area contributed by atoms with Crippen LogP contribution in [0.2, 0.25) is 0 Å². The van der Waals surface area contributed by atoms with E-state index in [1.807, 2.05) is 0 Å². The van der Waals surface area contributed by atoms with Gasteiger partial charge in [0.15, 0.2) is 0 Å². The lowest BCUT2D eigenvalue weighted by atomic mass is 9.75. The largest absolute Gasteiger partial charge is 0.354 e. The molecule has 7 heteroatoms. The van der Waals surface area contributed by atoms with E-state index in [0.717, 1.165) is 50.1 Å². The summed E-state index contributed by atoms with van der Waals surface area (Å²) in [6, 6.07) is -0.423. The van der Waals surface area contributed by atoms with Crippen LogP contribution in [0.5, 0.6) is 0 Å². The number of nitrogens with zero attached hydrogens (tertiary/aromatic N) is 1. The van der Waals surface area contributed by atoms with Crippen LogP contribution >= 0.6 is 0 Å². The van der Waals surface area contributed by atoms with Gasteiger partial charge >= 0.3 is 6.03 Å². The zero-order valence-corrected chi connectivity index (χ0v) is 16.0. The second kappa shape index (κ2) is 7.55. The molecule has 0 atom stereocenters. The summed E-state index contributed by atoms with van der Waals surface area (Å²) < 4.78 is 0. The van der Waals surface area contributed by atoms with Crippen LogP contribution in [0.1, 0.15) is 58.8 Å². The maximum Gasteiger partial charge on any atom is 0.325 e. The number of imide groups is 1. The molecule has 4 amide bonds. The van der Waals surface area contributed by atoms with Gasteiger partial charge in [-0.1, -0.05) is 20.3 Å².